The van der Waals surface area contributed by atoms with E-state index in [-0.39, 0.29) is 17.0 Å². The van der Waals surface area contributed by atoms with Gasteiger partial charge in [-0.3, -0.25) is 14.5 Å². The quantitative estimate of drug-likeness (QED) is 0.391. The number of ketones is 1. The molecule has 1 atom stereocenters. The fourth-order valence-electron chi connectivity index (χ4n) is 3.43. The highest BCUT2D eigenvalue weighted by atomic mass is 32.1. The molecule has 2 heterocycles. The van der Waals surface area contributed by atoms with E-state index < -0.39 is 23.5 Å². The van der Waals surface area contributed by atoms with Crippen LogP contribution in [0.2, 0.25) is 0 Å². The van der Waals surface area contributed by atoms with Gasteiger partial charge in [0.25, 0.3) is 11.7 Å². The largest absolute Gasteiger partial charge is 0.507 e. The molecule has 2 aromatic carbocycles. The third-order valence-corrected chi connectivity index (χ3v) is 5.63. The normalized spacial score (nSPS) is 18.3. The maximum absolute atomic E-state index is 13.8. The Hall–Kier alpha value is -3.45. The third kappa shape index (κ3) is 3.19. The lowest BCUT2D eigenvalue weighted by atomic mass is 9.99. The summed E-state index contributed by atoms with van der Waals surface area (Å²) in [5.41, 5.74) is 0.476. The van der Waals surface area contributed by atoms with Crippen LogP contribution in [-0.4, -0.2) is 23.9 Å². The van der Waals surface area contributed by atoms with Gasteiger partial charge in [-0.05, 0) is 41.8 Å². The Balaban J connectivity index is 1.96. The topological polar surface area (TPSA) is 66.8 Å². The van der Waals surface area contributed by atoms with Crippen LogP contribution in [-0.2, 0) is 9.59 Å². The average Bonchev–Trinajstić information content (AvgIpc) is 3.34. The fourth-order valence-corrected chi connectivity index (χ4v) is 4.25. The molecule has 4 rings (SSSR count). The van der Waals surface area contributed by atoms with Crippen molar-refractivity contribution in [3.05, 3.63) is 87.9 Å². The van der Waals surface area contributed by atoms with Crippen LogP contribution in [0.3, 0.4) is 0 Å². The van der Waals surface area contributed by atoms with Gasteiger partial charge >= 0.3 is 0 Å². The van der Waals surface area contributed by atoms with Crippen molar-refractivity contribution in [3.8, 4) is 5.75 Å². The van der Waals surface area contributed by atoms with Crippen molar-refractivity contribution in [1.82, 2.24) is 0 Å². The van der Waals surface area contributed by atoms with Gasteiger partial charge in [0.1, 0.15) is 23.4 Å². The van der Waals surface area contributed by atoms with Crippen molar-refractivity contribution in [3.63, 3.8) is 0 Å². The maximum atomic E-state index is 13.8. The third-order valence-electron chi connectivity index (χ3n) is 4.71. The number of rotatable bonds is 4. The molecule has 1 aliphatic rings. The van der Waals surface area contributed by atoms with Gasteiger partial charge in [-0.25, -0.2) is 4.39 Å². The van der Waals surface area contributed by atoms with E-state index in [1.54, 1.807) is 42.5 Å². The number of nitrogens with zero attached hydrogens (tertiary/aromatic N) is 1. The zero-order valence-corrected chi connectivity index (χ0v) is 16.2. The van der Waals surface area contributed by atoms with Crippen LogP contribution in [0.4, 0.5) is 10.1 Å². The number of carbonyl (C=O) groups excluding carboxylic acids is 2. The summed E-state index contributed by atoms with van der Waals surface area (Å²) in [6.45, 7) is 0. The minimum atomic E-state index is -0.873. The Morgan fingerprint density at radius 2 is 1.90 bits per heavy atom. The predicted molar refractivity (Wildman–Crippen MR) is 108 cm³/mol. The average molecular weight is 409 g/mol. The van der Waals surface area contributed by atoms with E-state index in [1.807, 2.05) is 5.38 Å². The van der Waals surface area contributed by atoms with E-state index in [0.717, 1.165) is 0 Å². The summed E-state index contributed by atoms with van der Waals surface area (Å²) in [7, 11) is 1.45. The molecule has 3 aromatic rings. The molecule has 0 radical (unpaired) electrons. The van der Waals surface area contributed by atoms with Crippen LogP contribution in [0.15, 0.2) is 71.6 Å². The van der Waals surface area contributed by atoms with Gasteiger partial charge in [0.15, 0.2) is 0 Å². The van der Waals surface area contributed by atoms with Crippen molar-refractivity contribution in [2.24, 2.45) is 0 Å². The minimum absolute atomic E-state index is 0.0637. The second-order valence-electron chi connectivity index (χ2n) is 6.36. The van der Waals surface area contributed by atoms with Crippen LogP contribution in [0.5, 0.6) is 5.75 Å². The summed E-state index contributed by atoms with van der Waals surface area (Å²) in [6.07, 6.45) is 0. The van der Waals surface area contributed by atoms with Gasteiger partial charge in [0.2, 0.25) is 0 Å². The predicted octanol–water partition coefficient (Wildman–Crippen LogP) is 4.52. The van der Waals surface area contributed by atoms with Crippen LogP contribution >= 0.6 is 11.3 Å². The van der Waals surface area contributed by atoms with E-state index in [4.69, 9.17) is 4.74 Å². The number of ether oxygens (including phenoxy) is 1. The number of Topliss-reactive ketones (excluding diaryl/α,β-unsaturated/α-hetero) is 1. The number of anilines is 1. The molecule has 1 aliphatic heterocycles. The second kappa shape index (κ2) is 7.52. The van der Waals surface area contributed by atoms with Gasteiger partial charge < -0.3 is 9.84 Å². The molecule has 29 heavy (non-hydrogen) atoms. The van der Waals surface area contributed by atoms with Crippen molar-refractivity contribution in [2.75, 3.05) is 12.0 Å². The summed E-state index contributed by atoms with van der Waals surface area (Å²) in [4.78, 5) is 27.8. The second-order valence-corrected chi connectivity index (χ2v) is 7.34. The summed E-state index contributed by atoms with van der Waals surface area (Å²) in [5.74, 6) is -2.16. The molecule has 1 unspecified atom stereocenters. The number of amides is 1. The van der Waals surface area contributed by atoms with Gasteiger partial charge in [0, 0.05) is 10.6 Å². The molecule has 146 valence electrons. The molecule has 1 amide bonds. The summed E-state index contributed by atoms with van der Waals surface area (Å²) in [5, 5.41) is 12.8. The molecule has 0 spiro atoms. The Kier molecular flexibility index (Phi) is 4.90. The zero-order valence-electron chi connectivity index (χ0n) is 15.3. The Morgan fingerprint density at radius 3 is 2.59 bits per heavy atom. The number of methoxy groups -OCH3 is 1. The minimum Gasteiger partial charge on any atom is -0.507 e. The lowest BCUT2D eigenvalue weighted by Gasteiger charge is -2.24. The highest BCUT2D eigenvalue weighted by molar-refractivity contribution is 7.10. The number of thiophene rings is 1. The number of hydrogen-bond acceptors (Lipinski definition) is 5. The molecule has 1 N–H and O–H groups in total. The molecule has 5 nitrogen and oxygen atoms in total. The summed E-state index contributed by atoms with van der Waals surface area (Å²) in [6, 6.07) is 14.8. The van der Waals surface area contributed by atoms with Crippen molar-refractivity contribution >= 4 is 34.5 Å². The standard InChI is InChI=1S/C22H16FNO4S/c1-28-16-9-3-2-8-15(16)20(25)18-19(17-10-5-11-29-17)24(22(27)21(18)26)14-7-4-6-13(23)12-14/h2-12,19,25H,1H3/b20-18-. The van der Waals surface area contributed by atoms with Crippen LogP contribution in [0, 0.1) is 5.82 Å². The first-order valence-corrected chi connectivity index (χ1v) is 9.64. The van der Waals surface area contributed by atoms with Gasteiger partial charge in [0.05, 0.1) is 18.2 Å². The Bertz CT molecular complexity index is 1120. The molecule has 0 bridgehead atoms. The van der Waals surface area contributed by atoms with E-state index in [0.29, 0.717) is 16.2 Å². The van der Waals surface area contributed by atoms with Crippen molar-refractivity contribution in [1.29, 1.82) is 0 Å². The molecule has 7 heteroatoms. The molecular weight excluding hydrogens is 393 g/mol. The SMILES string of the molecule is COc1ccccc1/C(O)=C1/C(=O)C(=O)N(c2cccc(F)c2)C1c1cccs1. The molecule has 0 saturated carbocycles. The summed E-state index contributed by atoms with van der Waals surface area (Å²) < 4.78 is 19.1. The molecular formula is C22H16FNO4S. The van der Waals surface area contributed by atoms with Gasteiger partial charge in [-0.1, -0.05) is 24.3 Å². The number of aliphatic hydroxyl groups excluding tert-OH is 1. The van der Waals surface area contributed by atoms with E-state index >= 15 is 0 Å². The van der Waals surface area contributed by atoms with Crippen LogP contribution in [0.25, 0.3) is 5.76 Å². The number of halogens is 1. The zero-order chi connectivity index (χ0) is 20.5. The first kappa shape index (κ1) is 18.9. The Morgan fingerprint density at radius 1 is 1.10 bits per heavy atom. The van der Waals surface area contributed by atoms with Crippen molar-refractivity contribution < 1.29 is 23.8 Å². The first-order valence-electron chi connectivity index (χ1n) is 8.76. The van der Waals surface area contributed by atoms with E-state index in [2.05, 4.69) is 0 Å². The van der Waals surface area contributed by atoms with Crippen LogP contribution < -0.4 is 9.64 Å². The highest BCUT2D eigenvalue weighted by Crippen LogP contribution is 2.44. The number of benzene rings is 2. The first-order chi connectivity index (χ1) is 14.0. The number of carbonyl (C=O) groups is 2. The van der Waals surface area contributed by atoms with E-state index in [9.17, 15) is 19.1 Å². The van der Waals surface area contributed by atoms with Crippen molar-refractivity contribution in [2.45, 2.75) is 6.04 Å². The lowest BCUT2D eigenvalue weighted by molar-refractivity contribution is -0.132. The van der Waals surface area contributed by atoms with E-state index in [1.165, 1.54) is 41.5 Å². The number of aliphatic hydroxyl groups is 1. The lowest BCUT2D eigenvalue weighted by Crippen LogP contribution is -2.29. The van der Waals surface area contributed by atoms with Gasteiger partial charge in [-0.15, -0.1) is 11.3 Å². The highest BCUT2D eigenvalue weighted by Gasteiger charge is 2.47. The molecule has 1 aromatic heterocycles. The van der Waals surface area contributed by atoms with Gasteiger partial charge in [-0.2, -0.15) is 0 Å². The smallest absolute Gasteiger partial charge is 0.300 e. The summed E-state index contributed by atoms with van der Waals surface area (Å²) >= 11 is 1.34. The Labute approximate surface area is 170 Å². The monoisotopic (exact) mass is 409 g/mol. The number of para-hydroxylation sites is 1. The molecule has 0 aliphatic carbocycles. The fraction of sp³-hybridized carbons (Fsp3) is 0.0909. The van der Waals surface area contributed by atoms with Crippen LogP contribution in [0.1, 0.15) is 16.5 Å². The molecule has 1 fully saturated rings. The maximum Gasteiger partial charge on any atom is 0.300 e. The number of hydrogen-bond donors (Lipinski definition) is 1. The molecule has 1 saturated heterocycles.